The van der Waals surface area contributed by atoms with Gasteiger partial charge in [0.05, 0.1) is 6.10 Å². The lowest BCUT2D eigenvalue weighted by Crippen LogP contribution is -2.15. The van der Waals surface area contributed by atoms with Crippen molar-refractivity contribution in [1.29, 1.82) is 0 Å². The predicted molar refractivity (Wildman–Crippen MR) is 56.1 cm³/mol. The summed E-state index contributed by atoms with van der Waals surface area (Å²) in [5.74, 6) is -0.109. The minimum atomic E-state index is -0.646. The van der Waals surface area contributed by atoms with Crippen molar-refractivity contribution in [1.82, 2.24) is 4.98 Å². The summed E-state index contributed by atoms with van der Waals surface area (Å²) >= 11 is 0. The molecular weight excluding hydrogens is 194 g/mol. The van der Waals surface area contributed by atoms with E-state index in [-0.39, 0.29) is 19.1 Å². The van der Waals surface area contributed by atoms with Crippen LogP contribution in [0.3, 0.4) is 0 Å². The van der Waals surface area contributed by atoms with Gasteiger partial charge >= 0.3 is 0 Å². The number of rotatable bonds is 6. The molecule has 1 atom stereocenters. The molecule has 84 valence electrons. The van der Waals surface area contributed by atoms with Gasteiger partial charge in [-0.2, -0.15) is 0 Å². The number of pyridine rings is 1. The molecule has 0 saturated heterocycles. The number of hydrogen-bond acceptors (Lipinski definition) is 4. The van der Waals surface area contributed by atoms with Gasteiger partial charge in [-0.3, -0.25) is 4.98 Å². The quantitative estimate of drug-likeness (QED) is 0.640. The number of aliphatic hydroxyl groups excluding tert-OH is 3. The molecule has 0 spiro atoms. The van der Waals surface area contributed by atoms with E-state index in [4.69, 9.17) is 10.2 Å². The van der Waals surface area contributed by atoms with Crippen molar-refractivity contribution in [2.24, 2.45) is 5.92 Å². The van der Waals surface area contributed by atoms with Gasteiger partial charge in [-0.25, -0.2) is 0 Å². The summed E-state index contributed by atoms with van der Waals surface area (Å²) in [6.07, 6.45) is 3.57. The Labute approximate surface area is 89.2 Å². The molecule has 1 aromatic rings. The summed E-state index contributed by atoms with van der Waals surface area (Å²) in [4.78, 5) is 3.87. The molecule has 0 saturated carbocycles. The van der Waals surface area contributed by atoms with Crippen LogP contribution in [-0.2, 0) is 0 Å². The zero-order chi connectivity index (χ0) is 11.1. The maximum Gasteiger partial charge on any atom is 0.0820 e. The van der Waals surface area contributed by atoms with Crippen LogP contribution in [0, 0.1) is 5.92 Å². The van der Waals surface area contributed by atoms with Crippen molar-refractivity contribution in [3.8, 4) is 0 Å². The van der Waals surface area contributed by atoms with Crippen molar-refractivity contribution in [2.45, 2.75) is 18.9 Å². The summed E-state index contributed by atoms with van der Waals surface area (Å²) in [5.41, 5.74) is 0.775. The van der Waals surface area contributed by atoms with E-state index >= 15 is 0 Å². The van der Waals surface area contributed by atoms with Crippen LogP contribution >= 0.6 is 0 Å². The molecule has 1 aromatic heterocycles. The van der Waals surface area contributed by atoms with Crippen molar-refractivity contribution >= 4 is 0 Å². The third kappa shape index (κ3) is 3.58. The van der Waals surface area contributed by atoms with E-state index < -0.39 is 6.10 Å². The zero-order valence-electron chi connectivity index (χ0n) is 8.58. The first-order valence-electron chi connectivity index (χ1n) is 5.09. The lowest BCUT2D eigenvalue weighted by atomic mass is 9.91. The van der Waals surface area contributed by atoms with Crippen molar-refractivity contribution in [3.05, 3.63) is 30.1 Å². The molecule has 4 nitrogen and oxygen atoms in total. The normalized spacial score (nSPS) is 13.1. The van der Waals surface area contributed by atoms with Gasteiger partial charge in [-0.05, 0) is 36.5 Å². The highest BCUT2D eigenvalue weighted by Crippen LogP contribution is 2.26. The fourth-order valence-corrected chi connectivity index (χ4v) is 1.62. The van der Waals surface area contributed by atoms with Gasteiger partial charge in [0.15, 0.2) is 0 Å². The van der Waals surface area contributed by atoms with Gasteiger partial charge in [0.1, 0.15) is 0 Å². The molecule has 1 rings (SSSR count). The lowest BCUT2D eigenvalue weighted by molar-refractivity contribution is 0.0722. The maximum atomic E-state index is 9.99. The van der Waals surface area contributed by atoms with Crippen LogP contribution in [0.5, 0.6) is 0 Å². The Morgan fingerprint density at radius 1 is 1.07 bits per heavy atom. The molecule has 1 unspecified atom stereocenters. The summed E-state index contributed by atoms with van der Waals surface area (Å²) in [5, 5.41) is 27.7. The van der Waals surface area contributed by atoms with Crippen molar-refractivity contribution in [3.63, 3.8) is 0 Å². The Hall–Kier alpha value is -0.970. The molecule has 0 aliphatic heterocycles. The molecule has 0 aliphatic rings. The second-order valence-corrected chi connectivity index (χ2v) is 3.51. The van der Waals surface area contributed by atoms with Crippen molar-refractivity contribution < 1.29 is 15.3 Å². The Kier molecular flexibility index (Phi) is 5.25. The van der Waals surface area contributed by atoms with E-state index in [0.717, 1.165) is 5.56 Å². The first-order chi connectivity index (χ1) is 7.29. The van der Waals surface area contributed by atoms with Crippen LogP contribution in [0.2, 0.25) is 0 Å². The number of hydrogen-bond donors (Lipinski definition) is 3. The molecule has 0 aliphatic carbocycles. The van der Waals surface area contributed by atoms with E-state index in [1.54, 1.807) is 24.5 Å². The average Bonchev–Trinajstić information content (AvgIpc) is 2.29. The summed E-state index contributed by atoms with van der Waals surface area (Å²) in [7, 11) is 0. The lowest BCUT2D eigenvalue weighted by Gasteiger charge is -2.21. The highest BCUT2D eigenvalue weighted by molar-refractivity contribution is 5.13. The average molecular weight is 211 g/mol. The van der Waals surface area contributed by atoms with Gasteiger partial charge < -0.3 is 15.3 Å². The van der Waals surface area contributed by atoms with Gasteiger partial charge in [-0.15, -0.1) is 0 Å². The monoisotopic (exact) mass is 211 g/mol. The molecule has 15 heavy (non-hydrogen) atoms. The summed E-state index contributed by atoms with van der Waals surface area (Å²) < 4.78 is 0. The van der Waals surface area contributed by atoms with Crippen LogP contribution < -0.4 is 0 Å². The zero-order valence-corrected chi connectivity index (χ0v) is 8.58. The van der Waals surface area contributed by atoms with Gasteiger partial charge in [0.25, 0.3) is 0 Å². The van der Waals surface area contributed by atoms with Crippen LogP contribution in [0.4, 0.5) is 0 Å². The second kappa shape index (κ2) is 6.50. The molecule has 0 aromatic carbocycles. The van der Waals surface area contributed by atoms with Crippen LogP contribution in [0.15, 0.2) is 24.5 Å². The van der Waals surface area contributed by atoms with Crippen molar-refractivity contribution in [2.75, 3.05) is 13.2 Å². The van der Waals surface area contributed by atoms with Crippen LogP contribution in [0.1, 0.15) is 24.5 Å². The highest BCUT2D eigenvalue weighted by Gasteiger charge is 2.19. The largest absolute Gasteiger partial charge is 0.396 e. The number of aromatic nitrogens is 1. The maximum absolute atomic E-state index is 9.99. The minimum absolute atomic E-state index is 0.0206. The standard InChI is InChI=1S/C11H17NO3/c13-7-3-10(4-8-14)11(15)9-1-5-12-6-2-9/h1-2,5-6,10-11,13-15H,3-4,7-8H2. The highest BCUT2D eigenvalue weighted by atomic mass is 16.3. The Bertz CT molecular complexity index is 260. The fraction of sp³-hybridized carbons (Fsp3) is 0.545. The summed E-state index contributed by atoms with van der Waals surface area (Å²) in [6.45, 7) is 0.0413. The Morgan fingerprint density at radius 3 is 2.07 bits per heavy atom. The van der Waals surface area contributed by atoms with E-state index in [1.165, 1.54) is 0 Å². The third-order valence-corrected chi connectivity index (χ3v) is 2.49. The van der Waals surface area contributed by atoms with E-state index in [0.29, 0.717) is 12.8 Å². The molecule has 3 N–H and O–H groups in total. The Morgan fingerprint density at radius 2 is 1.60 bits per heavy atom. The van der Waals surface area contributed by atoms with Gasteiger partial charge in [-0.1, -0.05) is 0 Å². The number of aliphatic hydroxyl groups is 3. The van der Waals surface area contributed by atoms with E-state index in [9.17, 15) is 5.11 Å². The molecule has 4 heteroatoms. The second-order valence-electron chi connectivity index (χ2n) is 3.51. The minimum Gasteiger partial charge on any atom is -0.396 e. The van der Waals surface area contributed by atoms with Gasteiger partial charge in [0.2, 0.25) is 0 Å². The van der Waals surface area contributed by atoms with E-state index in [2.05, 4.69) is 4.98 Å². The topological polar surface area (TPSA) is 73.6 Å². The molecule has 0 fully saturated rings. The van der Waals surface area contributed by atoms with E-state index in [1.807, 2.05) is 0 Å². The molecule has 0 amide bonds. The first-order valence-corrected chi connectivity index (χ1v) is 5.09. The molecule has 0 radical (unpaired) electrons. The first kappa shape index (κ1) is 12.1. The van der Waals surface area contributed by atoms with Gasteiger partial charge in [0, 0.05) is 25.6 Å². The smallest absolute Gasteiger partial charge is 0.0820 e. The SMILES string of the molecule is OCCC(CCO)C(O)c1ccncc1. The predicted octanol–water partition coefficient (Wildman–Crippen LogP) is 0.496. The molecular formula is C11H17NO3. The van der Waals surface area contributed by atoms with Crippen LogP contribution in [0.25, 0.3) is 0 Å². The van der Waals surface area contributed by atoms with Crippen LogP contribution in [-0.4, -0.2) is 33.5 Å². The molecule has 1 heterocycles. The summed E-state index contributed by atoms with van der Waals surface area (Å²) in [6, 6.07) is 3.48. The fourth-order valence-electron chi connectivity index (χ4n) is 1.62. The third-order valence-electron chi connectivity index (χ3n) is 2.49. The Balaban J connectivity index is 2.67. The molecule has 0 bridgehead atoms. The number of nitrogens with zero attached hydrogens (tertiary/aromatic N) is 1.